The number of halogens is 3. The van der Waals surface area contributed by atoms with Gasteiger partial charge in [0.25, 0.3) is 10.0 Å². The number of hydrogen-bond acceptors (Lipinski definition) is 4. The van der Waals surface area contributed by atoms with E-state index in [0.717, 1.165) is 17.0 Å². The van der Waals surface area contributed by atoms with Crippen molar-refractivity contribution < 1.29 is 12.8 Å². The van der Waals surface area contributed by atoms with Crippen LogP contribution in [0.25, 0.3) is 0 Å². The Morgan fingerprint density at radius 1 is 1.24 bits per heavy atom. The summed E-state index contributed by atoms with van der Waals surface area (Å²) < 4.78 is 39.9. The van der Waals surface area contributed by atoms with Gasteiger partial charge in [0.05, 0.1) is 20.6 Å². The Kier molecular flexibility index (Phi) is 5.11. The van der Waals surface area contributed by atoms with Gasteiger partial charge in [0, 0.05) is 16.8 Å². The molecule has 1 heterocycles. The van der Waals surface area contributed by atoms with Gasteiger partial charge in [-0.3, -0.25) is 4.72 Å². The summed E-state index contributed by atoms with van der Waals surface area (Å²) in [6.45, 7) is 0.568. The molecule has 114 valence electrons. The molecule has 2 N–H and O–H groups in total. The smallest absolute Gasteiger partial charge is 0.262 e. The van der Waals surface area contributed by atoms with Crippen LogP contribution in [0, 0.1) is 5.82 Å². The Morgan fingerprint density at radius 3 is 2.43 bits per heavy atom. The Balaban J connectivity index is 2.33. The molecule has 1 aromatic carbocycles. The van der Waals surface area contributed by atoms with E-state index >= 15 is 0 Å². The minimum atomic E-state index is -3.83. The van der Waals surface area contributed by atoms with Crippen LogP contribution in [0.1, 0.15) is 4.88 Å². The molecule has 0 radical (unpaired) electrons. The number of sulfonamides is 1. The minimum Gasteiger partial charge on any atom is -0.315 e. The predicted octanol–water partition coefficient (Wildman–Crippen LogP) is 3.71. The molecule has 2 aromatic rings. The third kappa shape index (κ3) is 3.87. The third-order valence-corrected chi connectivity index (χ3v) is 5.55. The van der Waals surface area contributed by atoms with E-state index in [9.17, 15) is 12.8 Å². The van der Waals surface area contributed by atoms with Crippen molar-refractivity contribution >= 4 is 50.2 Å². The Hall–Kier alpha value is -0.860. The van der Waals surface area contributed by atoms with Gasteiger partial charge in [-0.15, -0.1) is 11.3 Å². The Morgan fingerprint density at radius 2 is 1.86 bits per heavy atom. The summed E-state index contributed by atoms with van der Waals surface area (Å²) in [6.07, 6.45) is 0. The molecule has 0 saturated heterocycles. The van der Waals surface area contributed by atoms with Crippen molar-refractivity contribution in [2.75, 3.05) is 11.8 Å². The predicted molar refractivity (Wildman–Crippen MR) is 84.3 cm³/mol. The van der Waals surface area contributed by atoms with Gasteiger partial charge in [0.15, 0.2) is 0 Å². The first-order chi connectivity index (χ1) is 9.83. The van der Waals surface area contributed by atoms with Crippen molar-refractivity contribution in [2.24, 2.45) is 0 Å². The molecule has 9 heteroatoms. The topological polar surface area (TPSA) is 58.2 Å². The van der Waals surface area contributed by atoms with Crippen LogP contribution in [0.4, 0.5) is 10.1 Å². The largest absolute Gasteiger partial charge is 0.315 e. The molecule has 0 unspecified atom stereocenters. The fourth-order valence-electron chi connectivity index (χ4n) is 1.60. The lowest BCUT2D eigenvalue weighted by molar-refractivity contribution is 0.601. The van der Waals surface area contributed by atoms with E-state index in [1.807, 2.05) is 0 Å². The molecule has 0 bridgehead atoms. The summed E-state index contributed by atoms with van der Waals surface area (Å²) in [4.78, 5) is 0.975. The van der Waals surface area contributed by atoms with E-state index in [1.165, 1.54) is 16.7 Å². The van der Waals surface area contributed by atoms with E-state index in [2.05, 4.69) is 10.0 Å². The summed E-state index contributed by atoms with van der Waals surface area (Å²) in [5.41, 5.74) is -0.0406. The molecule has 4 nitrogen and oxygen atoms in total. The van der Waals surface area contributed by atoms with Crippen molar-refractivity contribution in [1.82, 2.24) is 5.32 Å². The average Bonchev–Trinajstić information content (AvgIpc) is 2.84. The van der Waals surface area contributed by atoms with Crippen LogP contribution in [0.15, 0.2) is 28.5 Å². The van der Waals surface area contributed by atoms with Crippen molar-refractivity contribution in [3.05, 3.63) is 44.3 Å². The first-order valence-electron chi connectivity index (χ1n) is 5.73. The highest BCUT2D eigenvalue weighted by Gasteiger charge is 2.20. The summed E-state index contributed by atoms with van der Waals surface area (Å²) in [6, 6.07) is 3.53. The van der Waals surface area contributed by atoms with E-state index < -0.39 is 15.8 Å². The number of thiophene rings is 1. The molecular formula is C12H11Cl2FN2O2S2. The van der Waals surface area contributed by atoms with Crippen LogP contribution in [0.5, 0.6) is 0 Å². The number of rotatable bonds is 5. The van der Waals surface area contributed by atoms with Crippen molar-refractivity contribution in [3.8, 4) is 0 Å². The number of benzene rings is 1. The van der Waals surface area contributed by atoms with Crippen LogP contribution >= 0.6 is 34.5 Å². The maximum absolute atomic E-state index is 13.1. The van der Waals surface area contributed by atoms with Gasteiger partial charge >= 0.3 is 0 Å². The van der Waals surface area contributed by atoms with Gasteiger partial charge in [-0.25, -0.2) is 12.8 Å². The van der Waals surface area contributed by atoms with Crippen LogP contribution < -0.4 is 10.0 Å². The summed E-state index contributed by atoms with van der Waals surface area (Å²) in [5, 5.41) is 4.24. The zero-order valence-corrected chi connectivity index (χ0v) is 13.9. The molecule has 1 aromatic heterocycles. The van der Waals surface area contributed by atoms with E-state index in [-0.39, 0.29) is 20.6 Å². The Labute approximate surface area is 135 Å². The molecule has 21 heavy (non-hydrogen) atoms. The maximum atomic E-state index is 13.1. The average molecular weight is 369 g/mol. The first kappa shape index (κ1) is 16.5. The highest BCUT2D eigenvalue weighted by molar-refractivity contribution is 7.92. The summed E-state index contributed by atoms with van der Waals surface area (Å²) in [5.74, 6) is -0.639. The summed E-state index contributed by atoms with van der Waals surface area (Å²) >= 11 is 13.0. The second-order valence-electron chi connectivity index (χ2n) is 4.13. The van der Waals surface area contributed by atoms with E-state index in [1.54, 1.807) is 13.1 Å². The van der Waals surface area contributed by atoms with Crippen LogP contribution in [-0.4, -0.2) is 15.5 Å². The monoisotopic (exact) mass is 368 g/mol. The van der Waals surface area contributed by atoms with E-state index in [0.29, 0.717) is 6.54 Å². The van der Waals surface area contributed by atoms with Gasteiger partial charge in [-0.2, -0.15) is 0 Å². The number of nitrogens with one attached hydrogen (secondary N) is 2. The van der Waals surface area contributed by atoms with Gasteiger partial charge in [-0.1, -0.05) is 23.2 Å². The first-order valence-corrected chi connectivity index (χ1v) is 8.84. The molecule has 0 aliphatic heterocycles. The molecule has 0 aliphatic carbocycles. The number of anilines is 1. The molecule has 0 saturated carbocycles. The lowest BCUT2D eigenvalue weighted by Crippen LogP contribution is -2.13. The van der Waals surface area contributed by atoms with Crippen molar-refractivity contribution in [3.63, 3.8) is 0 Å². The van der Waals surface area contributed by atoms with Crippen LogP contribution in [0.2, 0.25) is 10.0 Å². The molecular weight excluding hydrogens is 358 g/mol. The Bertz CT molecular complexity index is 739. The van der Waals surface area contributed by atoms with Gasteiger partial charge < -0.3 is 5.32 Å². The molecule has 2 rings (SSSR count). The molecule has 0 amide bonds. The zero-order chi connectivity index (χ0) is 15.6. The van der Waals surface area contributed by atoms with E-state index in [4.69, 9.17) is 23.2 Å². The lowest BCUT2D eigenvalue weighted by atomic mass is 10.3. The highest BCUT2D eigenvalue weighted by atomic mass is 35.5. The molecule has 0 aliphatic rings. The fraction of sp³-hybridized carbons (Fsp3) is 0.167. The van der Waals surface area contributed by atoms with Crippen LogP contribution in [-0.2, 0) is 16.6 Å². The van der Waals surface area contributed by atoms with Crippen LogP contribution in [0.3, 0.4) is 0 Å². The minimum absolute atomic E-state index is 0.0406. The zero-order valence-electron chi connectivity index (χ0n) is 10.8. The van der Waals surface area contributed by atoms with Crippen molar-refractivity contribution in [2.45, 2.75) is 11.4 Å². The third-order valence-electron chi connectivity index (χ3n) is 2.53. The van der Waals surface area contributed by atoms with Gasteiger partial charge in [0.1, 0.15) is 5.82 Å². The molecule has 0 spiro atoms. The quantitative estimate of drug-likeness (QED) is 0.845. The normalized spacial score (nSPS) is 11.6. The van der Waals surface area contributed by atoms with Gasteiger partial charge in [0.2, 0.25) is 0 Å². The fourth-order valence-corrected chi connectivity index (χ4v) is 4.66. The van der Waals surface area contributed by atoms with Crippen molar-refractivity contribution in [1.29, 1.82) is 0 Å². The molecule has 0 fully saturated rings. The highest BCUT2D eigenvalue weighted by Crippen LogP contribution is 2.33. The lowest BCUT2D eigenvalue weighted by Gasteiger charge is -2.10. The second kappa shape index (κ2) is 6.50. The number of hydrogen-bond donors (Lipinski definition) is 2. The maximum Gasteiger partial charge on any atom is 0.262 e. The standard InChI is InChI=1S/C12H11Cl2FN2O2S2/c1-16-5-8-4-9(6-20-8)21(18,19)17-12-10(13)2-7(15)3-11(12)14/h2-4,6,16-17H,5H2,1H3. The summed E-state index contributed by atoms with van der Waals surface area (Å²) in [7, 11) is -2.06. The van der Waals surface area contributed by atoms with Gasteiger partial charge in [-0.05, 0) is 25.2 Å². The molecule has 0 atom stereocenters. The second-order valence-corrected chi connectivity index (χ2v) is 7.62. The SMILES string of the molecule is CNCc1cc(S(=O)(=O)Nc2c(Cl)cc(F)cc2Cl)cs1.